The average molecular weight is 173 g/mol. The summed E-state index contributed by atoms with van der Waals surface area (Å²) in [5, 5.41) is 0. The predicted molar refractivity (Wildman–Crippen MR) is 51.8 cm³/mol. The van der Waals surface area contributed by atoms with Crippen LogP contribution in [0.3, 0.4) is 0 Å². The first-order chi connectivity index (χ1) is 6.77. The van der Waals surface area contributed by atoms with Gasteiger partial charge in [-0.2, -0.15) is 0 Å². The topological polar surface area (TPSA) is 0 Å². The van der Waals surface area contributed by atoms with Gasteiger partial charge in [0.2, 0.25) is 0 Å². The molecule has 64 valence electrons. The summed E-state index contributed by atoms with van der Waals surface area (Å²) in [6, 6.07) is 14.0. The third kappa shape index (κ3) is 1.75. The van der Waals surface area contributed by atoms with Gasteiger partial charge in [0, 0.05) is 0 Å². The van der Waals surface area contributed by atoms with Gasteiger partial charge in [0.25, 0.3) is 0 Å². The lowest BCUT2D eigenvalue weighted by Crippen LogP contribution is -1.77. The molecule has 13 heavy (non-hydrogen) atoms. The van der Waals surface area contributed by atoms with E-state index in [1.54, 1.807) is 6.07 Å². The van der Waals surface area contributed by atoms with E-state index in [4.69, 9.17) is 1.37 Å². The average Bonchev–Trinajstić information content (AvgIpc) is 2.19. The molecule has 0 aliphatic rings. The number of rotatable bonds is 1. The van der Waals surface area contributed by atoms with Crippen LogP contribution in [0.15, 0.2) is 54.6 Å². The Bertz CT molecular complexity index is 437. The zero-order valence-corrected chi connectivity index (χ0v) is 7.00. The largest absolute Gasteiger partial charge is 0.207 e. The second-order valence-electron chi connectivity index (χ2n) is 2.79. The number of halogens is 1. The zero-order chi connectivity index (χ0) is 9.97. The van der Waals surface area contributed by atoms with E-state index in [1.165, 1.54) is 12.1 Å². The van der Waals surface area contributed by atoms with Crippen molar-refractivity contribution < 1.29 is 5.76 Å². The molecule has 0 radical (unpaired) electrons. The summed E-state index contributed by atoms with van der Waals surface area (Å²) in [6.45, 7) is 0. The molecular weight excluding hydrogens is 163 g/mol. The molecular formula is C12H9F. The maximum absolute atomic E-state index is 12.7. The van der Waals surface area contributed by atoms with E-state index in [0.717, 1.165) is 11.1 Å². The minimum Gasteiger partial charge on any atom is -0.207 e. The van der Waals surface area contributed by atoms with Crippen LogP contribution in [-0.2, 0) is 0 Å². The fourth-order valence-electron chi connectivity index (χ4n) is 1.20. The fourth-order valence-corrected chi connectivity index (χ4v) is 1.20. The van der Waals surface area contributed by atoms with Gasteiger partial charge in [-0.3, -0.25) is 0 Å². The van der Waals surface area contributed by atoms with Crippen LogP contribution in [0, 0.1) is 5.82 Å². The molecule has 2 aromatic carbocycles. The molecule has 0 bridgehead atoms. The number of benzene rings is 2. The molecule has 0 aromatic heterocycles. The number of hydrogen-bond donors (Lipinski definition) is 0. The highest BCUT2D eigenvalue weighted by Crippen LogP contribution is 2.18. The van der Waals surface area contributed by atoms with Crippen LogP contribution in [0.5, 0.6) is 0 Å². The summed E-state index contributed by atoms with van der Waals surface area (Å²) in [4.78, 5) is 0. The van der Waals surface area contributed by atoms with E-state index >= 15 is 0 Å². The summed E-state index contributed by atoms with van der Waals surface area (Å²) < 4.78 is 20.4. The molecule has 0 amide bonds. The molecule has 0 unspecified atom stereocenters. The molecule has 0 spiro atoms. The Morgan fingerprint density at radius 1 is 0.846 bits per heavy atom. The molecule has 0 heterocycles. The molecule has 0 saturated heterocycles. The highest BCUT2D eigenvalue weighted by Gasteiger charge is 1.95. The smallest absolute Gasteiger partial charge is 0.123 e. The monoisotopic (exact) mass is 173 g/mol. The van der Waals surface area contributed by atoms with Crippen molar-refractivity contribution in [1.29, 1.82) is 0 Å². The van der Waals surface area contributed by atoms with Crippen LogP contribution < -0.4 is 0 Å². The summed E-state index contributed by atoms with van der Waals surface area (Å²) in [7, 11) is 0. The summed E-state index contributed by atoms with van der Waals surface area (Å²) in [5.41, 5.74) is 1.70. The van der Waals surface area contributed by atoms with E-state index in [9.17, 15) is 4.39 Å². The van der Waals surface area contributed by atoms with E-state index in [-0.39, 0.29) is 11.9 Å². The lowest BCUT2D eigenvalue weighted by atomic mass is 10.1. The SMILES string of the molecule is [2H]c1cc(F)ccc1-c1ccccc1. The zero-order valence-electron chi connectivity index (χ0n) is 8.00. The Hall–Kier alpha value is -1.63. The van der Waals surface area contributed by atoms with E-state index < -0.39 is 0 Å². The third-order valence-electron chi connectivity index (χ3n) is 1.86. The van der Waals surface area contributed by atoms with Gasteiger partial charge in [0.05, 0.1) is 1.37 Å². The normalized spacial score (nSPS) is 11.0. The van der Waals surface area contributed by atoms with Gasteiger partial charge in [-0.1, -0.05) is 42.4 Å². The van der Waals surface area contributed by atoms with Gasteiger partial charge in [-0.05, 0) is 23.3 Å². The second-order valence-corrected chi connectivity index (χ2v) is 2.79. The predicted octanol–water partition coefficient (Wildman–Crippen LogP) is 3.49. The van der Waals surface area contributed by atoms with E-state index in [0.29, 0.717) is 0 Å². The van der Waals surface area contributed by atoms with Crippen LogP contribution in [0.4, 0.5) is 4.39 Å². The van der Waals surface area contributed by atoms with Crippen LogP contribution in [0.25, 0.3) is 11.1 Å². The Balaban J connectivity index is 2.53. The molecule has 0 N–H and O–H groups in total. The second kappa shape index (κ2) is 3.40. The standard InChI is InChI=1S/C12H9F/c13-12-8-6-11(7-9-12)10-4-2-1-3-5-10/h1-9H/i6D. The molecule has 0 fully saturated rings. The van der Waals surface area contributed by atoms with Crippen molar-refractivity contribution >= 4 is 0 Å². The van der Waals surface area contributed by atoms with Crippen molar-refractivity contribution in [2.75, 3.05) is 0 Å². The maximum atomic E-state index is 12.7. The molecule has 1 heteroatoms. The van der Waals surface area contributed by atoms with E-state index in [1.807, 2.05) is 30.3 Å². The van der Waals surface area contributed by atoms with Crippen molar-refractivity contribution in [3.05, 3.63) is 60.4 Å². The number of hydrogen-bond acceptors (Lipinski definition) is 0. The van der Waals surface area contributed by atoms with Crippen LogP contribution in [0.2, 0.25) is 0 Å². The maximum Gasteiger partial charge on any atom is 0.123 e. The molecule has 0 nitrogen and oxygen atoms in total. The van der Waals surface area contributed by atoms with Crippen LogP contribution in [0.1, 0.15) is 1.37 Å². The quantitative estimate of drug-likeness (QED) is 0.619. The van der Waals surface area contributed by atoms with Gasteiger partial charge in [0.1, 0.15) is 5.82 Å². The third-order valence-corrected chi connectivity index (χ3v) is 1.86. The van der Waals surface area contributed by atoms with Crippen molar-refractivity contribution in [2.45, 2.75) is 0 Å². The van der Waals surface area contributed by atoms with Gasteiger partial charge in [-0.15, -0.1) is 0 Å². The lowest BCUT2D eigenvalue weighted by molar-refractivity contribution is 0.628. The summed E-state index contributed by atoms with van der Waals surface area (Å²) in [6.07, 6.45) is 0. The highest BCUT2D eigenvalue weighted by molar-refractivity contribution is 5.62. The van der Waals surface area contributed by atoms with Gasteiger partial charge in [0.15, 0.2) is 0 Å². The minimum absolute atomic E-state index is 0.219. The van der Waals surface area contributed by atoms with Crippen LogP contribution in [-0.4, -0.2) is 0 Å². The first-order valence-electron chi connectivity index (χ1n) is 4.59. The molecule has 2 rings (SSSR count). The highest BCUT2D eigenvalue weighted by atomic mass is 19.1. The van der Waals surface area contributed by atoms with Crippen molar-refractivity contribution in [3.63, 3.8) is 0 Å². The summed E-state index contributed by atoms with van der Waals surface area (Å²) >= 11 is 0. The van der Waals surface area contributed by atoms with Crippen LogP contribution >= 0.6 is 0 Å². The van der Waals surface area contributed by atoms with Crippen molar-refractivity contribution in [1.82, 2.24) is 0 Å². The van der Waals surface area contributed by atoms with Gasteiger partial charge >= 0.3 is 0 Å². The Kier molecular flexibility index (Phi) is 1.79. The lowest BCUT2D eigenvalue weighted by Gasteiger charge is -1.99. The molecule has 0 saturated carbocycles. The fraction of sp³-hybridized carbons (Fsp3) is 0. The first kappa shape index (κ1) is 6.84. The minimum atomic E-state index is -0.366. The molecule has 0 atom stereocenters. The molecule has 0 aliphatic heterocycles. The summed E-state index contributed by atoms with van der Waals surface area (Å²) in [5.74, 6) is -0.366. The van der Waals surface area contributed by atoms with Gasteiger partial charge in [-0.25, -0.2) is 4.39 Å². The van der Waals surface area contributed by atoms with Crippen molar-refractivity contribution in [2.24, 2.45) is 0 Å². The molecule has 2 aromatic rings. The van der Waals surface area contributed by atoms with Gasteiger partial charge < -0.3 is 0 Å². The van der Waals surface area contributed by atoms with E-state index in [2.05, 4.69) is 0 Å². The van der Waals surface area contributed by atoms with Crippen molar-refractivity contribution in [3.8, 4) is 11.1 Å². The molecule has 0 aliphatic carbocycles. The first-order valence-corrected chi connectivity index (χ1v) is 4.09. The Morgan fingerprint density at radius 2 is 1.62 bits per heavy atom. The Labute approximate surface area is 78.1 Å². The Morgan fingerprint density at radius 3 is 2.31 bits per heavy atom.